The number of halogens is 1. The Labute approximate surface area is 121 Å². The fourth-order valence-corrected chi connectivity index (χ4v) is 3.29. The van der Waals surface area contributed by atoms with Crippen LogP contribution in [-0.4, -0.2) is 29.6 Å². The number of rotatable bonds is 5. The minimum absolute atomic E-state index is 0.255. The molecular formula is C17H26FNO. The first-order valence-electron chi connectivity index (χ1n) is 7.71. The van der Waals surface area contributed by atoms with Crippen LogP contribution in [-0.2, 0) is 0 Å². The monoisotopic (exact) mass is 279 g/mol. The van der Waals surface area contributed by atoms with Crippen molar-refractivity contribution in [2.75, 3.05) is 13.6 Å². The number of hydrogen-bond acceptors (Lipinski definition) is 2. The largest absolute Gasteiger partial charge is 0.388 e. The van der Waals surface area contributed by atoms with E-state index in [1.807, 2.05) is 0 Å². The van der Waals surface area contributed by atoms with E-state index in [0.717, 1.165) is 18.0 Å². The smallest absolute Gasteiger partial charge is 0.123 e. The second-order valence-corrected chi connectivity index (χ2v) is 6.17. The molecule has 0 saturated heterocycles. The van der Waals surface area contributed by atoms with Gasteiger partial charge in [0.05, 0.1) is 6.10 Å². The number of nitrogens with zero attached hydrogens (tertiary/aromatic N) is 1. The summed E-state index contributed by atoms with van der Waals surface area (Å²) in [6.45, 7) is 3.21. The van der Waals surface area contributed by atoms with Crippen LogP contribution in [0.15, 0.2) is 24.3 Å². The maximum atomic E-state index is 12.9. The molecule has 2 rings (SSSR count). The molecule has 0 aliphatic heterocycles. The van der Waals surface area contributed by atoms with Crippen LogP contribution in [0.3, 0.4) is 0 Å². The maximum Gasteiger partial charge on any atom is 0.123 e. The van der Waals surface area contributed by atoms with E-state index in [-0.39, 0.29) is 5.82 Å². The van der Waals surface area contributed by atoms with E-state index in [1.54, 1.807) is 12.1 Å². The second-order valence-electron chi connectivity index (χ2n) is 6.17. The van der Waals surface area contributed by atoms with Gasteiger partial charge in [0, 0.05) is 12.6 Å². The van der Waals surface area contributed by atoms with Gasteiger partial charge in [-0.3, -0.25) is 0 Å². The highest BCUT2D eigenvalue weighted by molar-refractivity contribution is 5.18. The predicted molar refractivity (Wildman–Crippen MR) is 80.0 cm³/mol. The zero-order valence-electron chi connectivity index (χ0n) is 12.6. The van der Waals surface area contributed by atoms with Crippen LogP contribution in [0, 0.1) is 11.7 Å². The third-order valence-electron chi connectivity index (χ3n) is 4.64. The average Bonchev–Trinajstić information content (AvgIpc) is 2.45. The van der Waals surface area contributed by atoms with Gasteiger partial charge in [-0.1, -0.05) is 31.9 Å². The molecule has 0 bridgehead atoms. The van der Waals surface area contributed by atoms with E-state index >= 15 is 0 Å². The Morgan fingerprint density at radius 2 is 1.90 bits per heavy atom. The third-order valence-corrected chi connectivity index (χ3v) is 4.64. The molecule has 2 nitrogen and oxygen atoms in total. The number of hydrogen-bond donors (Lipinski definition) is 1. The Hall–Kier alpha value is -0.930. The van der Waals surface area contributed by atoms with Crippen molar-refractivity contribution in [2.45, 2.75) is 51.2 Å². The highest BCUT2D eigenvalue weighted by Crippen LogP contribution is 2.28. The standard InChI is InChI=1S/C17H26FNO/c1-13-5-3-4-6-16(13)19(2)12-11-17(20)14-7-9-15(18)10-8-14/h7-10,13,16-17,20H,3-6,11-12H2,1-2H3. The molecule has 1 aliphatic rings. The summed E-state index contributed by atoms with van der Waals surface area (Å²) in [4.78, 5) is 2.39. The fraction of sp³-hybridized carbons (Fsp3) is 0.647. The van der Waals surface area contributed by atoms with Crippen LogP contribution in [0.25, 0.3) is 0 Å². The molecule has 0 radical (unpaired) electrons. The summed E-state index contributed by atoms with van der Waals surface area (Å²) in [5.74, 6) is 0.491. The van der Waals surface area contributed by atoms with E-state index in [0.29, 0.717) is 12.5 Å². The molecule has 0 amide bonds. The van der Waals surface area contributed by atoms with Crippen LogP contribution in [0.5, 0.6) is 0 Å². The summed E-state index contributed by atoms with van der Waals surface area (Å²) >= 11 is 0. The van der Waals surface area contributed by atoms with Crippen molar-refractivity contribution in [2.24, 2.45) is 5.92 Å². The van der Waals surface area contributed by atoms with E-state index in [9.17, 15) is 9.50 Å². The molecule has 3 heteroatoms. The summed E-state index contributed by atoms with van der Waals surface area (Å²) in [6, 6.07) is 6.80. The Kier molecular flexibility index (Phi) is 5.55. The molecule has 1 aliphatic carbocycles. The molecule has 1 aromatic carbocycles. The Bertz CT molecular complexity index is 406. The van der Waals surface area contributed by atoms with Gasteiger partial charge in [0.2, 0.25) is 0 Å². The molecule has 20 heavy (non-hydrogen) atoms. The minimum atomic E-state index is -0.503. The van der Waals surface area contributed by atoms with E-state index in [2.05, 4.69) is 18.9 Å². The molecule has 1 fully saturated rings. The van der Waals surface area contributed by atoms with Gasteiger partial charge in [0.15, 0.2) is 0 Å². The van der Waals surface area contributed by atoms with Crippen LogP contribution < -0.4 is 0 Å². The van der Waals surface area contributed by atoms with Gasteiger partial charge >= 0.3 is 0 Å². The van der Waals surface area contributed by atoms with Gasteiger partial charge in [0.1, 0.15) is 5.82 Å². The molecule has 0 aromatic heterocycles. The molecule has 3 atom stereocenters. The highest BCUT2D eigenvalue weighted by Gasteiger charge is 2.25. The quantitative estimate of drug-likeness (QED) is 0.887. The molecule has 1 saturated carbocycles. The number of aliphatic hydroxyl groups excluding tert-OH is 1. The normalized spacial score (nSPS) is 24.9. The Morgan fingerprint density at radius 3 is 2.55 bits per heavy atom. The lowest BCUT2D eigenvalue weighted by atomic mass is 9.85. The van der Waals surface area contributed by atoms with Gasteiger partial charge in [-0.25, -0.2) is 4.39 Å². The third kappa shape index (κ3) is 4.03. The van der Waals surface area contributed by atoms with Crippen molar-refractivity contribution in [3.8, 4) is 0 Å². The topological polar surface area (TPSA) is 23.5 Å². The molecule has 1 N–H and O–H groups in total. The summed E-state index contributed by atoms with van der Waals surface area (Å²) in [5.41, 5.74) is 0.802. The average molecular weight is 279 g/mol. The summed E-state index contributed by atoms with van der Waals surface area (Å²) < 4.78 is 12.9. The maximum absolute atomic E-state index is 12.9. The molecule has 112 valence electrons. The van der Waals surface area contributed by atoms with Gasteiger partial charge in [0.25, 0.3) is 0 Å². The van der Waals surface area contributed by atoms with E-state index in [4.69, 9.17) is 0 Å². The summed E-state index contributed by atoms with van der Waals surface area (Å²) in [6.07, 6.45) is 5.45. The Balaban J connectivity index is 1.83. The molecule has 3 unspecified atom stereocenters. The van der Waals surface area contributed by atoms with Gasteiger partial charge in [-0.15, -0.1) is 0 Å². The lowest BCUT2D eigenvalue weighted by molar-refractivity contribution is 0.103. The highest BCUT2D eigenvalue weighted by atomic mass is 19.1. The molecule has 1 aromatic rings. The van der Waals surface area contributed by atoms with Crippen molar-refractivity contribution in [3.05, 3.63) is 35.6 Å². The van der Waals surface area contributed by atoms with Crippen molar-refractivity contribution < 1.29 is 9.50 Å². The SMILES string of the molecule is CC1CCCCC1N(C)CCC(O)c1ccc(F)cc1. The number of aliphatic hydroxyl groups is 1. The summed E-state index contributed by atoms with van der Waals surface area (Å²) in [5, 5.41) is 10.2. The van der Waals surface area contributed by atoms with Gasteiger partial charge in [-0.05, 0) is 49.9 Å². The molecule has 0 spiro atoms. The lowest BCUT2D eigenvalue weighted by Crippen LogP contribution is -2.39. The van der Waals surface area contributed by atoms with Gasteiger partial charge < -0.3 is 10.0 Å². The zero-order chi connectivity index (χ0) is 14.5. The predicted octanol–water partition coefficient (Wildman–Crippen LogP) is 3.76. The molecule has 0 heterocycles. The Morgan fingerprint density at radius 1 is 1.25 bits per heavy atom. The van der Waals surface area contributed by atoms with Crippen molar-refractivity contribution >= 4 is 0 Å². The fourth-order valence-electron chi connectivity index (χ4n) is 3.29. The van der Waals surface area contributed by atoms with Crippen molar-refractivity contribution in [1.29, 1.82) is 0 Å². The van der Waals surface area contributed by atoms with Crippen LogP contribution >= 0.6 is 0 Å². The lowest BCUT2D eigenvalue weighted by Gasteiger charge is -2.36. The van der Waals surface area contributed by atoms with Crippen molar-refractivity contribution in [1.82, 2.24) is 4.90 Å². The first kappa shape index (κ1) is 15.5. The van der Waals surface area contributed by atoms with Crippen molar-refractivity contribution in [3.63, 3.8) is 0 Å². The van der Waals surface area contributed by atoms with Crippen LogP contribution in [0.2, 0.25) is 0 Å². The second kappa shape index (κ2) is 7.19. The minimum Gasteiger partial charge on any atom is -0.388 e. The van der Waals surface area contributed by atoms with Crippen LogP contribution in [0.1, 0.15) is 50.7 Å². The number of benzene rings is 1. The van der Waals surface area contributed by atoms with E-state index in [1.165, 1.54) is 37.8 Å². The molecular weight excluding hydrogens is 253 g/mol. The van der Waals surface area contributed by atoms with Gasteiger partial charge in [-0.2, -0.15) is 0 Å². The first-order chi connectivity index (χ1) is 9.58. The van der Waals surface area contributed by atoms with E-state index < -0.39 is 6.10 Å². The zero-order valence-corrected chi connectivity index (χ0v) is 12.6. The summed E-state index contributed by atoms with van der Waals surface area (Å²) in [7, 11) is 2.16. The first-order valence-corrected chi connectivity index (χ1v) is 7.71. The van der Waals surface area contributed by atoms with Crippen LogP contribution in [0.4, 0.5) is 4.39 Å².